The van der Waals surface area contributed by atoms with E-state index in [4.69, 9.17) is 0 Å². The lowest BCUT2D eigenvalue weighted by atomic mass is 9.43. The van der Waals surface area contributed by atoms with Crippen LogP contribution in [0.5, 0.6) is 0 Å². The van der Waals surface area contributed by atoms with Gasteiger partial charge in [0.05, 0.1) is 11.8 Å². The molecule has 4 aromatic carbocycles. The first kappa shape index (κ1) is 30.2. The van der Waals surface area contributed by atoms with Crippen molar-refractivity contribution in [2.45, 2.75) is 50.6 Å². The molecule has 0 saturated heterocycles. The number of rotatable bonds is 8. The van der Waals surface area contributed by atoms with Crippen LogP contribution >= 0.6 is 0 Å². The van der Waals surface area contributed by atoms with Gasteiger partial charge in [0, 0.05) is 11.1 Å². The third-order valence-corrected chi connectivity index (χ3v) is 8.55. The fourth-order valence-corrected chi connectivity index (χ4v) is 6.53. The Morgan fingerprint density at radius 3 is 1.16 bits per heavy atom. The molecular weight excluding hydrogens is 556 g/mol. The summed E-state index contributed by atoms with van der Waals surface area (Å²) in [6.07, 6.45) is 0. The maximum absolute atomic E-state index is 13.8. The lowest BCUT2D eigenvalue weighted by Gasteiger charge is -2.64. The molecule has 224 valence electrons. The summed E-state index contributed by atoms with van der Waals surface area (Å²) in [5, 5.41) is 27.8. The highest BCUT2D eigenvalue weighted by atomic mass is 16.4. The summed E-state index contributed by atoms with van der Waals surface area (Å²) in [4.78, 5) is 54.9. The Labute approximate surface area is 255 Å². The van der Waals surface area contributed by atoms with Crippen molar-refractivity contribution in [2.24, 2.45) is 0 Å². The van der Waals surface area contributed by atoms with E-state index in [-0.39, 0.29) is 11.1 Å². The molecule has 2 amide bonds. The number of aryl methyl sites for hydroxylation is 4. The first-order chi connectivity index (χ1) is 20.9. The zero-order chi connectivity index (χ0) is 31.8. The van der Waals surface area contributed by atoms with Crippen molar-refractivity contribution < 1.29 is 29.4 Å². The van der Waals surface area contributed by atoms with E-state index in [1.165, 1.54) is 0 Å². The second kappa shape index (κ2) is 11.4. The van der Waals surface area contributed by atoms with Crippen LogP contribution in [-0.2, 0) is 9.59 Å². The van der Waals surface area contributed by atoms with Crippen LogP contribution in [0.3, 0.4) is 0 Å². The Morgan fingerprint density at radius 2 is 0.864 bits per heavy atom. The number of amides is 2. The molecule has 0 atom stereocenters. The lowest BCUT2D eigenvalue weighted by molar-refractivity contribution is -0.171. The average Bonchev–Trinajstić information content (AvgIpc) is 2.96. The molecule has 0 aromatic heterocycles. The maximum Gasteiger partial charge on any atom is 0.330 e. The van der Waals surface area contributed by atoms with Gasteiger partial charge in [0.15, 0.2) is 11.1 Å². The van der Waals surface area contributed by atoms with E-state index < -0.39 is 46.7 Å². The molecule has 1 aliphatic rings. The largest absolute Gasteiger partial charge is 0.479 e. The molecule has 4 aromatic rings. The number of carbonyl (C=O) groups excluding carboxylic acids is 2. The Morgan fingerprint density at radius 1 is 0.523 bits per heavy atom. The van der Waals surface area contributed by atoms with Crippen LogP contribution in [0.15, 0.2) is 97.1 Å². The summed E-state index contributed by atoms with van der Waals surface area (Å²) >= 11 is 0. The number of benzene rings is 4. The van der Waals surface area contributed by atoms with Gasteiger partial charge in [0.1, 0.15) is 0 Å². The lowest BCUT2D eigenvalue weighted by Crippen LogP contribution is -2.86. The van der Waals surface area contributed by atoms with E-state index in [2.05, 4.69) is 10.6 Å². The van der Waals surface area contributed by atoms with Gasteiger partial charge in [-0.3, -0.25) is 9.59 Å². The Balaban J connectivity index is 1.78. The third kappa shape index (κ3) is 5.02. The molecule has 0 radical (unpaired) electrons. The SMILES string of the molecule is Cc1ccc(C(=O)NC2(C(=O)O)C(c3cccc(C)c3)C(NC(=O)c3ccc(C)cc3)(C(=O)O)C2c2cccc(C)c2)cc1. The highest BCUT2D eigenvalue weighted by Crippen LogP contribution is 2.63. The monoisotopic (exact) mass is 590 g/mol. The van der Waals surface area contributed by atoms with Crippen molar-refractivity contribution in [3.05, 3.63) is 142 Å². The van der Waals surface area contributed by atoms with Gasteiger partial charge in [-0.1, -0.05) is 95.1 Å². The van der Waals surface area contributed by atoms with Gasteiger partial charge in [-0.05, 0) is 63.1 Å². The Kier molecular flexibility index (Phi) is 7.86. The van der Waals surface area contributed by atoms with Crippen LogP contribution in [0, 0.1) is 27.7 Å². The summed E-state index contributed by atoms with van der Waals surface area (Å²) in [5.74, 6) is -6.99. The molecule has 5 rings (SSSR count). The molecule has 1 aliphatic carbocycles. The molecule has 0 bridgehead atoms. The second-order valence-electron chi connectivity index (χ2n) is 11.7. The van der Waals surface area contributed by atoms with E-state index >= 15 is 0 Å². The van der Waals surface area contributed by atoms with Crippen LogP contribution in [0.25, 0.3) is 0 Å². The topological polar surface area (TPSA) is 133 Å². The number of carboxylic acids is 2. The minimum Gasteiger partial charge on any atom is -0.479 e. The van der Waals surface area contributed by atoms with Gasteiger partial charge >= 0.3 is 11.9 Å². The van der Waals surface area contributed by atoms with Gasteiger partial charge in [-0.25, -0.2) is 9.59 Å². The van der Waals surface area contributed by atoms with Crippen LogP contribution < -0.4 is 10.6 Å². The summed E-state index contributed by atoms with van der Waals surface area (Å²) in [6.45, 7) is 7.35. The van der Waals surface area contributed by atoms with Gasteiger partial charge in [0.2, 0.25) is 0 Å². The molecule has 8 heteroatoms. The van der Waals surface area contributed by atoms with Gasteiger partial charge in [0.25, 0.3) is 11.8 Å². The molecule has 0 unspecified atom stereocenters. The van der Waals surface area contributed by atoms with Crippen molar-refractivity contribution in [3.8, 4) is 0 Å². The Bertz CT molecular complexity index is 1620. The van der Waals surface area contributed by atoms with Crippen molar-refractivity contribution in [2.75, 3.05) is 0 Å². The molecule has 44 heavy (non-hydrogen) atoms. The van der Waals surface area contributed by atoms with E-state index in [9.17, 15) is 29.4 Å². The normalized spacial score (nSPS) is 22.4. The predicted octanol–water partition coefficient (Wildman–Crippen LogP) is 5.31. The van der Waals surface area contributed by atoms with E-state index in [1.54, 1.807) is 111 Å². The summed E-state index contributed by atoms with van der Waals surface area (Å²) < 4.78 is 0. The number of carbonyl (C=O) groups is 4. The summed E-state index contributed by atoms with van der Waals surface area (Å²) in [7, 11) is 0. The van der Waals surface area contributed by atoms with Crippen molar-refractivity contribution in [1.29, 1.82) is 0 Å². The van der Waals surface area contributed by atoms with E-state index in [0.717, 1.165) is 22.3 Å². The molecular formula is C36H34N2O6. The third-order valence-electron chi connectivity index (χ3n) is 8.55. The van der Waals surface area contributed by atoms with Gasteiger partial charge in [-0.15, -0.1) is 0 Å². The van der Waals surface area contributed by atoms with Crippen molar-refractivity contribution >= 4 is 23.8 Å². The molecule has 0 heterocycles. The average molecular weight is 591 g/mol. The van der Waals surface area contributed by atoms with Crippen LogP contribution in [0.1, 0.15) is 65.9 Å². The zero-order valence-electron chi connectivity index (χ0n) is 24.9. The first-order valence-electron chi connectivity index (χ1n) is 14.3. The summed E-state index contributed by atoms with van der Waals surface area (Å²) in [6, 6.07) is 27.0. The van der Waals surface area contributed by atoms with E-state index in [0.29, 0.717) is 11.1 Å². The highest BCUT2D eigenvalue weighted by molar-refractivity contribution is 6.06. The molecule has 8 nitrogen and oxygen atoms in total. The van der Waals surface area contributed by atoms with Gasteiger partial charge < -0.3 is 20.8 Å². The van der Waals surface area contributed by atoms with Crippen LogP contribution in [-0.4, -0.2) is 45.0 Å². The van der Waals surface area contributed by atoms with Crippen molar-refractivity contribution in [1.82, 2.24) is 10.6 Å². The number of hydrogen-bond donors (Lipinski definition) is 4. The molecule has 1 fully saturated rings. The van der Waals surface area contributed by atoms with Crippen LogP contribution in [0.4, 0.5) is 0 Å². The summed E-state index contributed by atoms with van der Waals surface area (Å²) in [5.41, 5.74) is 0.168. The molecule has 4 N–H and O–H groups in total. The Hall–Kier alpha value is -5.24. The smallest absolute Gasteiger partial charge is 0.330 e. The van der Waals surface area contributed by atoms with Gasteiger partial charge in [-0.2, -0.15) is 0 Å². The predicted molar refractivity (Wildman–Crippen MR) is 166 cm³/mol. The number of carboxylic acid groups (broad SMARTS) is 2. The van der Waals surface area contributed by atoms with Crippen LogP contribution in [0.2, 0.25) is 0 Å². The molecule has 0 aliphatic heterocycles. The minimum atomic E-state index is -2.16. The number of nitrogens with one attached hydrogen (secondary N) is 2. The maximum atomic E-state index is 13.8. The standard InChI is InChI=1S/C36H34N2O6/c1-21-11-15-25(16-12-21)31(39)37-35(33(41)42)29(27-9-5-7-23(3)19-27)36(34(43)44,30(35)28-10-6-8-24(4)20-28)38-32(40)26-17-13-22(2)14-18-26/h5-20,29-30H,1-4H3,(H,37,39)(H,38,40)(H,41,42)(H,43,44). The first-order valence-corrected chi connectivity index (χ1v) is 14.3. The fraction of sp³-hybridized carbons (Fsp3) is 0.222. The molecule has 1 saturated carbocycles. The highest BCUT2D eigenvalue weighted by Gasteiger charge is 2.80. The number of aliphatic carboxylic acids is 2. The quantitative estimate of drug-likeness (QED) is 0.220. The van der Waals surface area contributed by atoms with E-state index in [1.807, 2.05) is 13.8 Å². The fourth-order valence-electron chi connectivity index (χ4n) is 6.53. The van der Waals surface area contributed by atoms with Crippen molar-refractivity contribution in [3.63, 3.8) is 0 Å². The minimum absolute atomic E-state index is 0.221. The molecule has 0 spiro atoms. The number of hydrogen-bond acceptors (Lipinski definition) is 4. The zero-order valence-corrected chi connectivity index (χ0v) is 24.9. The second-order valence-corrected chi connectivity index (χ2v) is 11.7.